The van der Waals surface area contributed by atoms with Crippen molar-refractivity contribution in [1.82, 2.24) is 0 Å². The van der Waals surface area contributed by atoms with Crippen molar-refractivity contribution in [2.24, 2.45) is 22.7 Å². The van der Waals surface area contributed by atoms with E-state index in [4.69, 9.17) is 9.47 Å². The summed E-state index contributed by atoms with van der Waals surface area (Å²) >= 11 is 0. The first-order valence-electron chi connectivity index (χ1n) is 9.07. The van der Waals surface area contributed by atoms with Gasteiger partial charge < -0.3 is 14.6 Å². The van der Waals surface area contributed by atoms with E-state index in [0.717, 1.165) is 12.0 Å². The number of ether oxygens (including phenoxy) is 2. The minimum Gasteiger partial charge on any atom is -0.459 e. The fraction of sp³-hybridized carbons (Fsp3) is 0.700. The maximum atomic E-state index is 12.5. The van der Waals surface area contributed by atoms with Gasteiger partial charge in [0.15, 0.2) is 0 Å². The first-order valence-corrected chi connectivity index (χ1v) is 9.07. The molecule has 0 amide bonds. The van der Waals surface area contributed by atoms with Crippen LogP contribution in [0.3, 0.4) is 0 Å². The summed E-state index contributed by atoms with van der Waals surface area (Å²) in [6, 6.07) is 0. The first-order chi connectivity index (χ1) is 11.7. The van der Waals surface area contributed by atoms with Crippen LogP contribution in [0.2, 0.25) is 0 Å². The zero-order valence-corrected chi connectivity index (χ0v) is 15.7. The fourth-order valence-corrected chi connectivity index (χ4v) is 5.06. The van der Waals surface area contributed by atoms with Crippen molar-refractivity contribution < 1.29 is 24.2 Å². The Hall–Kier alpha value is -1.62. The fourth-order valence-electron chi connectivity index (χ4n) is 5.06. The number of fused-ring (bicyclic) bond motifs is 1. The van der Waals surface area contributed by atoms with E-state index in [-0.39, 0.29) is 35.3 Å². The van der Waals surface area contributed by atoms with Crippen LogP contribution in [0.25, 0.3) is 0 Å². The quantitative estimate of drug-likeness (QED) is 0.613. The SMILES string of the molecule is C/C=C(/C)C(=O)O[C@H]1C[C@@H]2[C@@H](O)C3(C[C@]2(C)[C@@H](C)C1)C(=O)OC=C3C. The van der Waals surface area contributed by atoms with Gasteiger partial charge in [-0.15, -0.1) is 0 Å². The number of rotatable bonds is 2. The van der Waals surface area contributed by atoms with Gasteiger partial charge in [0.25, 0.3) is 0 Å². The average molecular weight is 348 g/mol. The molecule has 1 aliphatic heterocycles. The van der Waals surface area contributed by atoms with Gasteiger partial charge in [-0.2, -0.15) is 0 Å². The molecule has 3 rings (SSSR count). The van der Waals surface area contributed by atoms with Gasteiger partial charge in [0.2, 0.25) is 0 Å². The van der Waals surface area contributed by atoms with E-state index >= 15 is 0 Å². The number of aliphatic hydroxyl groups is 1. The third-order valence-electron chi connectivity index (χ3n) is 7.09. The number of esters is 2. The monoisotopic (exact) mass is 348 g/mol. The Morgan fingerprint density at radius 1 is 1.44 bits per heavy atom. The summed E-state index contributed by atoms with van der Waals surface area (Å²) in [4.78, 5) is 24.6. The highest BCUT2D eigenvalue weighted by molar-refractivity contribution is 5.87. The highest BCUT2D eigenvalue weighted by Gasteiger charge is 2.67. The van der Waals surface area contributed by atoms with E-state index in [1.54, 1.807) is 13.0 Å². The van der Waals surface area contributed by atoms with Crippen LogP contribution in [0.15, 0.2) is 23.5 Å². The molecule has 2 aliphatic carbocycles. The van der Waals surface area contributed by atoms with Gasteiger partial charge in [-0.05, 0) is 62.9 Å². The second kappa shape index (κ2) is 5.97. The Bertz CT molecular complexity index is 663. The van der Waals surface area contributed by atoms with Gasteiger partial charge in [-0.1, -0.05) is 19.9 Å². The molecule has 0 bridgehead atoms. The van der Waals surface area contributed by atoms with Gasteiger partial charge in [-0.3, -0.25) is 4.79 Å². The Kier molecular flexibility index (Phi) is 4.34. The molecule has 0 radical (unpaired) electrons. The predicted octanol–water partition coefficient (Wildman–Crippen LogP) is 3.13. The van der Waals surface area contributed by atoms with Gasteiger partial charge in [0.1, 0.15) is 11.5 Å². The number of aliphatic hydroxyl groups excluding tert-OH is 1. The first kappa shape index (κ1) is 18.2. The van der Waals surface area contributed by atoms with Crippen LogP contribution in [-0.2, 0) is 19.1 Å². The number of allylic oxidation sites excluding steroid dienone is 1. The summed E-state index contributed by atoms with van der Waals surface area (Å²) < 4.78 is 10.8. The molecule has 1 spiro atoms. The zero-order valence-electron chi connectivity index (χ0n) is 15.7. The molecule has 1 N–H and O–H groups in total. The summed E-state index contributed by atoms with van der Waals surface area (Å²) in [5, 5.41) is 11.1. The molecule has 0 aromatic carbocycles. The largest absolute Gasteiger partial charge is 0.459 e. The molecule has 5 heteroatoms. The molecular weight excluding hydrogens is 320 g/mol. The topological polar surface area (TPSA) is 72.8 Å². The van der Waals surface area contributed by atoms with E-state index in [2.05, 4.69) is 13.8 Å². The van der Waals surface area contributed by atoms with E-state index in [1.165, 1.54) is 6.26 Å². The summed E-state index contributed by atoms with van der Waals surface area (Å²) in [6.45, 7) is 9.67. The molecule has 1 unspecified atom stereocenters. The molecule has 1 heterocycles. The molecule has 0 aromatic rings. The Morgan fingerprint density at radius 2 is 2.12 bits per heavy atom. The van der Waals surface area contributed by atoms with Crippen LogP contribution < -0.4 is 0 Å². The van der Waals surface area contributed by atoms with Gasteiger partial charge in [-0.25, -0.2) is 4.79 Å². The van der Waals surface area contributed by atoms with E-state index in [1.807, 2.05) is 13.8 Å². The van der Waals surface area contributed by atoms with Crippen LogP contribution >= 0.6 is 0 Å². The summed E-state index contributed by atoms with van der Waals surface area (Å²) in [7, 11) is 0. The standard InChI is InChI=1S/C20H28O5/c1-6-11(2)17(22)25-14-7-12(3)19(5)10-20(16(21)15(19)8-14)13(4)9-24-18(20)23/h6,9,12,14-16,21H,7-8,10H2,1-5H3/b11-6-/t12-,14+,15+,16+,19+,20?/m0/s1. The van der Waals surface area contributed by atoms with E-state index in [9.17, 15) is 14.7 Å². The zero-order chi connectivity index (χ0) is 18.6. The van der Waals surface area contributed by atoms with E-state index in [0.29, 0.717) is 18.4 Å². The van der Waals surface area contributed by atoms with Crippen molar-refractivity contribution in [3.63, 3.8) is 0 Å². The molecule has 0 aromatic heterocycles. The molecule has 25 heavy (non-hydrogen) atoms. The summed E-state index contributed by atoms with van der Waals surface area (Å²) in [5.41, 5.74) is 0.260. The number of cyclic esters (lactones) is 1. The van der Waals surface area contributed by atoms with Crippen molar-refractivity contribution in [2.75, 3.05) is 0 Å². The maximum absolute atomic E-state index is 12.5. The third-order valence-corrected chi connectivity index (χ3v) is 7.09. The van der Waals surface area contributed by atoms with Crippen LogP contribution in [-0.4, -0.2) is 29.3 Å². The molecule has 2 fully saturated rings. The number of carbonyl (C=O) groups is 2. The lowest BCUT2D eigenvalue weighted by Gasteiger charge is -2.45. The summed E-state index contributed by atoms with van der Waals surface area (Å²) in [6.07, 6.45) is 4.08. The second-order valence-electron chi connectivity index (χ2n) is 8.28. The lowest BCUT2D eigenvalue weighted by atomic mass is 9.62. The normalized spacial score (nSPS) is 43.7. The third kappa shape index (κ3) is 2.47. The lowest BCUT2D eigenvalue weighted by Crippen LogP contribution is -2.44. The molecule has 5 nitrogen and oxygen atoms in total. The smallest absolute Gasteiger partial charge is 0.333 e. The van der Waals surface area contributed by atoms with Crippen molar-refractivity contribution in [1.29, 1.82) is 0 Å². The van der Waals surface area contributed by atoms with Crippen molar-refractivity contribution >= 4 is 11.9 Å². The highest BCUT2D eigenvalue weighted by Crippen LogP contribution is 2.65. The Labute approximate surface area is 149 Å². The van der Waals surface area contributed by atoms with Crippen molar-refractivity contribution in [3.8, 4) is 0 Å². The van der Waals surface area contributed by atoms with Gasteiger partial charge >= 0.3 is 11.9 Å². The van der Waals surface area contributed by atoms with E-state index < -0.39 is 11.5 Å². The lowest BCUT2D eigenvalue weighted by molar-refractivity contribution is -0.154. The predicted molar refractivity (Wildman–Crippen MR) is 92.2 cm³/mol. The number of carbonyl (C=O) groups excluding carboxylic acids is 2. The van der Waals surface area contributed by atoms with Crippen LogP contribution in [0.4, 0.5) is 0 Å². The number of hydrogen-bond donors (Lipinski definition) is 1. The molecule has 0 saturated heterocycles. The van der Waals surface area contributed by atoms with Crippen molar-refractivity contribution in [2.45, 2.75) is 66.1 Å². The van der Waals surface area contributed by atoms with Gasteiger partial charge in [0, 0.05) is 5.57 Å². The van der Waals surface area contributed by atoms with Crippen LogP contribution in [0.1, 0.15) is 53.9 Å². The molecule has 2 saturated carbocycles. The average Bonchev–Trinajstić information content (AvgIpc) is 2.98. The molecule has 6 atom stereocenters. The van der Waals surface area contributed by atoms with Crippen molar-refractivity contribution in [3.05, 3.63) is 23.5 Å². The van der Waals surface area contributed by atoms with Gasteiger partial charge in [0.05, 0.1) is 12.4 Å². The second-order valence-corrected chi connectivity index (χ2v) is 8.28. The molecule has 3 aliphatic rings. The maximum Gasteiger partial charge on any atom is 0.333 e. The minimum atomic E-state index is -0.939. The molecule has 138 valence electrons. The minimum absolute atomic E-state index is 0.103. The van der Waals surface area contributed by atoms with Crippen LogP contribution in [0, 0.1) is 22.7 Å². The number of hydrogen-bond acceptors (Lipinski definition) is 5. The summed E-state index contributed by atoms with van der Waals surface area (Å²) in [5.74, 6) is -0.528. The highest BCUT2D eigenvalue weighted by atomic mass is 16.5. The molecular formula is C20H28O5. The van der Waals surface area contributed by atoms with Crippen LogP contribution in [0.5, 0.6) is 0 Å². The Balaban J connectivity index is 1.87. The Morgan fingerprint density at radius 3 is 2.68 bits per heavy atom.